The van der Waals surface area contributed by atoms with E-state index in [2.05, 4.69) is 33.4 Å². The summed E-state index contributed by atoms with van der Waals surface area (Å²) in [6, 6.07) is 0. The van der Waals surface area contributed by atoms with Gasteiger partial charge in [0.2, 0.25) is 0 Å². The highest BCUT2D eigenvalue weighted by atomic mass is 14.0. The Balaban J connectivity index is -0.000000266. The quantitative estimate of drug-likeness (QED) is 0.515. The van der Waals surface area contributed by atoms with Gasteiger partial charge in [0, 0.05) is 0 Å². The van der Waals surface area contributed by atoms with Crippen LogP contribution in [0.2, 0.25) is 0 Å². The zero-order chi connectivity index (χ0) is 12.0. The van der Waals surface area contributed by atoms with Crippen LogP contribution in [0.1, 0.15) is 61.3 Å². The molecule has 0 aliphatic rings. The molecule has 0 fully saturated rings. The third-order valence-corrected chi connectivity index (χ3v) is 1.61. The average Bonchev–Trinajstić information content (AvgIpc) is 2.23. The standard InChI is InChI=1S/C10H18.2C2H6/c1-5-7-10(8-6-2)9(3)4;2*1-2/h5,7,9H,1,6,8H2,2-4H3;2*1-2H3/b10-7+;;. The summed E-state index contributed by atoms with van der Waals surface area (Å²) >= 11 is 0. The van der Waals surface area contributed by atoms with Crippen molar-refractivity contribution < 1.29 is 0 Å². The molecule has 0 aromatic rings. The lowest BCUT2D eigenvalue weighted by molar-refractivity contribution is 0.702. The Hall–Kier alpha value is -0.520. The first-order chi connectivity index (χ1) is 6.72. The van der Waals surface area contributed by atoms with Crippen molar-refractivity contribution in [1.29, 1.82) is 0 Å². The lowest BCUT2D eigenvalue weighted by Crippen LogP contribution is -1.92. The molecule has 0 heteroatoms. The Kier molecular flexibility index (Phi) is 25.0. The molecular formula is C14H30. The highest BCUT2D eigenvalue weighted by molar-refractivity contribution is 5.11. The number of hydrogen-bond acceptors (Lipinski definition) is 0. The maximum atomic E-state index is 3.69. The van der Waals surface area contributed by atoms with Crippen LogP contribution in [0, 0.1) is 5.92 Å². The van der Waals surface area contributed by atoms with Gasteiger partial charge in [-0.25, -0.2) is 0 Å². The monoisotopic (exact) mass is 198 g/mol. The predicted octanol–water partition coefficient (Wildman–Crippen LogP) is 5.61. The molecule has 0 nitrogen and oxygen atoms in total. The van der Waals surface area contributed by atoms with Crippen LogP contribution in [0.4, 0.5) is 0 Å². The van der Waals surface area contributed by atoms with E-state index in [9.17, 15) is 0 Å². The first kappa shape index (κ1) is 19.1. The maximum Gasteiger partial charge on any atom is -0.0257 e. The maximum absolute atomic E-state index is 3.69. The molecule has 0 amide bonds. The molecule has 0 aliphatic carbocycles. The van der Waals surface area contributed by atoms with Gasteiger partial charge in [0.15, 0.2) is 0 Å². The molecule has 0 atom stereocenters. The van der Waals surface area contributed by atoms with Crippen molar-refractivity contribution >= 4 is 0 Å². The van der Waals surface area contributed by atoms with Crippen LogP contribution in [0.25, 0.3) is 0 Å². The fourth-order valence-corrected chi connectivity index (χ4v) is 1.00. The van der Waals surface area contributed by atoms with Gasteiger partial charge in [-0.3, -0.25) is 0 Å². The number of allylic oxidation sites excluding steroid dienone is 3. The van der Waals surface area contributed by atoms with Crippen molar-refractivity contribution in [2.24, 2.45) is 5.92 Å². The first-order valence-electron chi connectivity index (χ1n) is 6.03. The topological polar surface area (TPSA) is 0 Å². The molecule has 0 rings (SSSR count). The van der Waals surface area contributed by atoms with Gasteiger partial charge in [-0.05, 0) is 12.3 Å². The van der Waals surface area contributed by atoms with Gasteiger partial charge < -0.3 is 0 Å². The van der Waals surface area contributed by atoms with E-state index in [1.54, 1.807) is 0 Å². The third kappa shape index (κ3) is 14.0. The molecule has 0 radical (unpaired) electrons. The Morgan fingerprint density at radius 1 is 1.14 bits per heavy atom. The second-order valence-corrected chi connectivity index (χ2v) is 2.88. The molecule has 0 spiro atoms. The molecule has 0 bridgehead atoms. The summed E-state index contributed by atoms with van der Waals surface area (Å²) in [4.78, 5) is 0. The molecule has 0 N–H and O–H groups in total. The van der Waals surface area contributed by atoms with E-state index in [4.69, 9.17) is 0 Å². The van der Waals surface area contributed by atoms with E-state index < -0.39 is 0 Å². The smallest absolute Gasteiger partial charge is 0.0257 e. The highest BCUT2D eigenvalue weighted by Gasteiger charge is 1.98. The fourth-order valence-electron chi connectivity index (χ4n) is 1.00. The Labute approximate surface area is 92.1 Å². The lowest BCUT2D eigenvalue weighted by atomic mass is 9.98. The van der Waals surface area contributed by atoms with Crippen LogP contribution < -0.4 is 0 Å². The van der Waals surface area contributed by atoms with E-state index in [-0.39, 0.29) is 0 Å². The highest BCUT2D eigenvalue weighted by Crippen LogP contribution is 2.15. The average molecular weight is 198 g/mol. The van der Waals surface area contributed by atoms with Crippen molar-refractivity contribution in [3.05, 3.63) is 24.3 Å². The summed E-state index contributed by atoms with van der Waals surface area (Å²) in [5.41, 5.74) is 1.51. The molecule has 0 aromatic carbocycles. The largest absolute Gasteiger partial charge is 0.0991 e. The van der Waals surface area contributed by atoms with Gasteiger partial charge in [0.1, 0.15) is 0 Å². The van der Waals surface area contributed by atoms with Crippen LogP contribution in [0.5, 0.6) is 0 Å². The van der Waals surface area contributed by atoms with Crippen molar-refractivity contribution in [2.45, 2.75) is 61.3 Å². The van der Waals surface area contributed by atoms with Crippen molar-refractivity contribution in [3.8, 4) is 0 Å². The SMILES string of the molecule is C=C/C=C(\CCC)C(C)C.CC.CC. The number of rotatable bonds is 4. The minimum absolute atomic E-state index is 0.679. The predicted molar refractivity (Wildman–Crippen MR) is 70.7 cm³/mol. The Morgan fingerprint density at radius 3 is 1.79 bits per heavy atom. The van der Waals surface area contributed by atoms with Crippen LogP contribution in [-0.2, 0) is 0 Å². The van der Waals surface area contributed by atoms with Gasteiger partial charge in [-0.1, -0.05) is 79.2 Å². The van der Waals surface area contributed by atoms with E-state index in [1.165, 1.54) is 18.4 Å². The van der Waals surface area contributed by atoms with E-state index >= 15 is 0 Å². The summed E-state index contributed by atoms with van der Waals surface area (Å²) in [5, 5.41) is 0. The molecule has 14 heavy (non-hydrogen) atoms. The van der Waals surface area contributed by atoms with Gasteiger partial charge >= 0.3 is 0 Å². The van der Waals surface area contributed by atoms with Crippen LogP contribution in [-0.4, -0.2) is 0 Å². The lowest BCUT2D eigenvalue weighted by Gasteiger charge is -2.08. The third-order valence-electron chi connectivity index (χ3n) is 1.61. The van der Waals surface area contributed by atoms with Gasteiger partial charge in [0.05, 0.1) is 0 Å². The summed E-state index contributed by atoms with van der Waals surface area (Å²) in [7, 11) is 0. The van der Waals surface area contributed by atoms with Crippen molar-refractivity contribution in [2.75, 3.05) is 0 Å². The Morgan fingerprint density at radius 2 is 1.57 bits per heavy atom. The molecule has 0 saturated heterocycles. The number of hydrogen-bond donors (Lipinski definition) is 0. The molecular weight excluding hydrogens is 168 g/mol. The minimum Gasteiger partial charge on any atom is -0.0991 e. The van der Waals surface area contributed by atoms with Crippen molar-refractivity contribution in [3.63, 3.8) is 0 Å². The zero-order valence-electron chi connectivity index (χ0n) is 11.4. The normalized spacial score (nSPS) is 9.57. The van der Waals surface area contributed by atoms with Crippen LogP contribution >= 0.6 is 0 Å². The molecule has 0 unspecified atom stereocenters. The van der Waals surface area contributed by atoms with Gasteiger partial charge in [-0.2, -0.15) is 0 Å². The summed E-state index contributed by atoms with van der Waals surface area (Å²) in [5.74, 6) is 0.679. The minimum atomic E-state index is 0.679. The van der Waals surface area contributed by atoms with Gasteiger partial charge in [0.25, 0.3) is 0 Å². The molecule has 0 aliphatic heterocycles. The summed E-state index contributed by atoms with van der Waals surface area (Å²) in [6.07, 6.45) is 6.46. The molecule has 0 aromatic heterocycles. The van der Waals surface area contributed by atoms with E-state index in [0.29, 0.717) is 5.92 Å². The van der Waals surface area contributed by atoms with Crippen LogP contribution in [0.3, 0.4) is 0 Å². The fraction of sp³-hybridized carbons (Fsp3) is 0.714. The second-order valence-electron chi connectivity index (χ2n) is 2.88. The van der Waals surface area contributed by atoms with E-state index in [1.807, 2.05) is 33.8 Å². The van der Waals surface area contributed by atoms with Gasteiger partial charge in [-0.15, -0.1) is 0 Å². The molecule has 86 valence electrons. The summed E-state index contributed by atoms with van der Waals surface area (Å²) in [6.45, 7) is 18.4. The van der Waals surface area contributed by atoms with E-state index in [0.717, 1.165) is 0 Å². The Bertz CT molecular complexity index is 118. The van der Waals surface area contributed by atoms with Crippen molar-refractivity contribution in [1.82, 2.24) is 0 Å². The van der Waals surface area contributed by atoms with Crippen LogP contribution in [0.15, 0.2) is 24.3 Å². The molecule has 0 heterocycles. The second kappa shape index (κ2) is 18.3. The summed E-state index contributed by atoms with van der Waals surface area (Å²) < 4.78 is 0. The molecule has 0 saturated carbocycles. The first-order valence-corrected chi connectivity index (χ1v) is 6.03. The zero-order valence-corrected chi connectivity index (χ0v) is 11.4.